The van der Waals surface area contributed by atoms with E-state index >= 15 is 0 Å². The van der Waals surface area contributed by atoms with Crippen LogP contribution in [0.25, 0.3) is 0 Å². The van der Waals surface area contributed by atoms with Crippen molar-refractivity contribution in [3.05, 3.63) is 29.8 Å². The number of piperidine rings is 1. The fourth-order valence-electron chi connectivity index (χ4n) is 2.70. The lowest BCUT2D eigenvalue weighted by atomic mass is 10.0. The molecule has 1 aromatic carbocycles. The van der Waals surface area contributed by atoms with Crippen molar-refractivity contribution in [3.8, 4) is 0 Å². The Labute approximate surface area is 121 Å². The monoisotopic (exact) mass is 288 g/mol. The molecule has 0 bridgehead atoms. The first-order valence-corrected chi connectivity index (χ1v) is 6.79. The van der Waals surface area contributed by atoms with E-state index in [4.69, 9.17) is 0 Å². The van der Waals surface area contributed by atoms with Gasteiger partial charge in [0.15, 0.2) is 0 Å². The molecule has 3 N–H and O–H groups in total. The number of carbonyl (C=O) groups excluding carboxylic acids is 3. The molecule has 1 aromatic rings. The quantitative estimate of drug-likeness (QED) is 0.662. The van der Waals surface area contributed by atoms with Crippen LogP contribution in [0.15, 0.2) is 24.3 Å². The molecule has 2 unspecified atom stereocenters. The smallest absolute Gasteiger partial charge is 0.249 e. The number of para-hydroxylation sites is 1. The summed E-state index contributed by atoms with van der Waals surface area (Å²) in [6.07, 6.45) is 0.577. The van der Waals surface area contributed by atoms with Crippen LogP contribution < -0.4 is 16.1 Å². The first kappa shape index (κ1) is 13.6. The standard InChI is InChI=1S/C14H16N4O3/c1-18-12(8-4-2-3-5-9(8)17-18)14(21)15-10-6-7-11(19)16-13(10)20/h2-5,10,12,17H,6-7H2,1H3,(H,15,21)(H,16,19,20). The van der Waals surface area contributed by atoms with Crippen molar-refractivity contribution in [2.24, 2.45) is 0 Å². The normalized spacial score (nSPS) is 25.0. The van der Waals surface area contributed by atoms with Crippen molar-refractivity contribution in [2.75, 3.05) is 12.5 Å². The van der Waals surface area contributed by atoms with Crippen LogP contribution in [0.1, 0.15) is 24.4 Å². The van der Waals surface area contributed by atoms with E-state index in [0.29, 0.717) is 6.42 Å². The van der Waals surface area contributed by atoms with E-state index in [-0.39, 0.29) is 18.2 Å². The average molecular weight is 288 g/mol. The van der Waals surface area contributed by atoms with Gasteiger partial charge in [-0.2, -0.15) is 0 Å². The SMILES string of the molecule is CN1Nc2ccccc2C1C(=O)NC1CCC(=O)NC1=O. The van der Waals surface area contributed by atoms with Crippen molar-refractivity contribution < 1.29 is 14.4 Å². The number of nitrogens with zero attached hydrogens (tertiary/aromatic N) is 1. The maximum atomic E-state index is 12.5. The summed E-state index contributed by atoms with van der Waals surface area (Å²) in [6.45, 7) is 0. The van der Waals surface area contributed by atoms with Gasteiger partial charge in [0, 0.05) is 19.0 Å². The van der Waals surface area contributed by atoms with Crippen LogP contribution in [0.3, 0.4) is 0 Å². The van der Waals surface area contributed by atoms with Gasteiger partial charge in [0.1, 0.15) is 12.1 Å². The van der Waals surface area contributed by atoms with Gasteiger partial charge in [-0.1, -0.05) is 18.2 Å². The Kier molecular flexibility index (Phi) is 3.34. The van der Waals surface area contributed by atoms with E-state index in [0.717, 1.165) is 11.3 Å². The van der Waals surface area contributed by atoms with Gasteiger partial charge >= 0.3 is 0 Å². The lowest BCUT2D eigenvalue weighted by Crippen LogP contribution is -2.54. The zero-order valence-corrected chi connectivity index (χ0v) is 11.6. The van der Waals surface area contributed by atoms with Crippen LogP contribution >= 0.6 is 0 Å². The number of anilines is 1. The summed E-state index contributed by atoms with van der Waals surface area (Å²) >= 11 is 0. The topological polar surface area (TPSA) is 90.5 Å². The van der Waals surface area contributed by atoms with Crippen molar-refractivity contribution in [3.63, 3.8) is 0 Å². The molecule has 0 aliphatic carbocycles. The van der Waals surface area contributed by atoms with Gasteiger partial charge in [0.25, 0.3) is 0 Å². The Balaban J connectivity index is 1.74. The number of fused-ring (bicyclic) bond motifs is 1. The second-order valence-corrected chi connectivity index (χ2v) is 5.22. The van der Waals surface area contributed by atoms with Gasteiger partial charge in [0.2, 0.25) is 17.7 Å². The molecular weight excluding hydrogens is 272 g/mol. The second kappa shape index (κ2) is 5.17. The van der Waals surface area contributed by atoms with Gasteiger partial charge in [-0.3, -0.25) is 19.7 Å². The summed E-state index contributed by atoms with van der Waals surface area (Å²) in [6, 6.07) is 6.38. The molecule has 110 valence electrons. The van der Waals surface area contributed by atoms with E-state index in [1.165, 1.54) is 0 Å². The number of hydrogen-bond donors (Lipinski definition) is 3. The second-order valence-electron chi connectivity index (χ2n) is 5.22. The molecule has 1 saturated heterocycles. The molecule has 0 spiro atoms. The van der Waals surface area contributed by atoms with Crippen molar-refractivity contribution in [1.82, 2.24) is 15.6 Å². The van der Waals surface area contributed by atoms with Gasteiger partial charge in [-0.15, -0.1) is 0 Å². The van der Waals surface area contributed by atoms with Crippen LogP contribution in [-0.4, -0.2) is 35.8 Å². The molecule has 3 amide bonds. The first-order chi connectivity index (χ1) is 10.1. The number of carbonyl (C=O) groups is 3. The predicted molar refractivity (Wildman–Crippen MR) is 74.9 cm³/mol. The molecule has 7 heteroatoms. The highest BCUT2D eigenvalue weighted by atomic mass is 16.2. The highest BCUT2D eigenvalue weighted by Crippen LogP contribution is 2.33. The Bertz CT molecular complexity index is 616. The van der Waals surface area contributed by atoms with E-state index in [9.17, 15) is 14.4 Å². The Hall–Kier alpha value is -2.41. The summed E-state index contributed by atoms with van der Waals surface area (Å²) in [7, 11) is 1.77. The summed E-state index contributed by atoms with van der Waals surface area (Å²) < 4.78 is 0. The van der Waals surface area contributed by atoms with Gasteiger partial charge in [-0.05, 0) is 12.5 Å². The summed E-state index contributed by atoms with van der Waals surface area (Å²) in [4.78, 5) is 35.3. The lowest BCUT2D eigenvalue weighted by Gasteiger charge is -2.25. The van der Waals surface area contributed by atoms with Crippen LogP contribution in [-0.2, 0) is 14.4 Å². The number of imide groups is 1. The zero-order valence-electron chi connectivity index (χ0n) is 11.6. The third kappa shape index (κ3) is 2.47. The van der Waals surface area contributed by atoms with Crippen LogP contribution in [0.4, 0.5) is 5.69 Å². The zero-order chi connectivity index (χ0) is 15.0. The highest BCUT2D eigenvalue weighted by Gasteiger charge is 2.36. The summed E-state index contributed by atoms with van der Waals surface area (Å²) in [5.41, 5.74) is 4.85. The Morgan fingerprint density at radius 1 is 1.33 bits per heavy atom. The van der Waals surface area contributed by atoms with Gasteiger partial charge in [0.05, 0.1) is 5.69 Å². The molecule has 3 rings (SSSR count). The van der Waals surface area contributed by atoms with Gasteiger partial charge < -0.3 is 10.7 Å². The van der Waals surface area contributed by atoms with Crippen LogP contribution in [0, 0.1) is 0 Å². The Morgan fingerprint density at radius 3 is 2.86 bits per heavy atom. The van der Waals surface area contributed by atoms with Gasteiger partial charge in [-0.25, -0.2) is 5.01 Å². The van der Waals surface area contributed by atoms with Crippen molar-refractivity contribution in [2.45, 2.75) is 24.9 Å². The minimum atomic E-state index is -0.656. The molecule has 2 heterocycles. The summed E-state index contributed by atoms with van der Waals surface area (Å²) in [5.74, 6) is -0.999. The molecule has 1 fully saturated rings. The Morgan fingerprint density at radius 2 is 2.10 bits per heavy atom. The van der Waals surface area contributed by atoms with E-state index in [2.05, 4.69) is 16.1 Å². The molecule has 7 nitrogen and oxygen atoms in total. The fourth-order valence-corrected chi connectivity index (χ4v) is 2.70. The minimum Gasteiger partial charge on any atom is -0.343 e. The molecule has 0 saturated carbocycles. The number of nitrogens with one attached hydrogen (secondary N) is 3. The third-order valence-electron chi connectivity index (χ3n) is 3.74. The number of likely N-dealkylation sites (N-methyl/N-ethyl adjacent to an activating group) is 1. The highest BCUT2D eigenvalue weighted by molar-refractivity contribution is 6.02. The number of rotatable bonds is 2. The van der Waals surface area contributed by atoms with E-state index in [1.807, 2.05) is 24.3 Å². The molecule has 0 aromatic heterocycles. The van der Waals surface area contributed by atoms with Crippen molar-refractivity contribution >= 4 is 23.4 Å². The van der Waals surface area contributed by atoms with Crippen LogP contribution in [0.5, 0.6) is 0 Å². The first-order valence-electron chi connectivity index (χ1n) is 6.79. The van der Waals surface area contributed by atoms with Crippen LogP contribution in [0.2, 0.25) is 0 Å². The maximum Gasteiger partial charge on any atom is 0.249 e. The number of hydrogen-bond acceptors (Lipinski definition) is 5. The molecule has 21 heavy (non-hydrogen) atoms. The third-order valence-corrected chi connectivity index (χ3v) is 3.74. The number of benzene rings is 1. The molecule has 0 radical (unpaired) electrons. The molecule has 2 aliphatic heterocycles. The molecule has 2 aliphatic rings. The van der Waals surface area contributed by atoms with Crippen molar-refractivity contribution in [1.29, 1.82) is 0 Å². The number of hydrazine groups is 1. The largest absolute Gasteiger partial charge is 0.343 e. The average Bonchev–Trinajstić information content (AvgIpc) is 2.77. The predicted octanol–water partition coefficient (Wildman–Crippen LogP) is -0.0786. The fraction of sp³-hybridized carbons (Fsp3) is 0.357. The summed E-state index contributed by atoms with van der Waals surface area (Å²) in [5, 5.41) is 6.65. The number of amides is 3. The maximum absolute atomic E-state index is 12.5. The van der Waals surface area contributed by atoms with E-state index in [1.54, 1.807) is 12.1 Å². The minimum absolute atomic E-state index is 0.242. The lowest BCUT2D eigenvalue weighted by molar-refractivity contribution is -0.138. The molecule has 2 atom stereocenters. The molecular formula is C14H16N4O3. The van der Waals surface area contributed by atoms with E-state index < -0.39 is 18.0 Å².